The number of hydrogen-bond acceptors (Lipinski definition) is 3. The van der Waals surface area contributed by atoms with Gasteiger partial charge in [-0.05, 0) is 37.1 Å². The fourth-order valence-electron chi connectivity index (χ4n) is 2.03. The molecule has 4 nitrogen and oxygen atoms in total. The molecule has 0 aromatic carbocycles. The van der Waals surface area contributed by atoms with Gasteiger partial charge >= 0.3 is 0 Å². The van der Waals surface area contributed by atoms with Gasteiger partial charge in [-0.1, -0.05) is 23.2 Å². The molecule has 1 saturated carbocycles. The molecule has 20 heavy (non-hydrogen) atoms. The van der Waals surface area contributed by atoms with Crippen molar-refractivity contribution in [1.29, 1.82) is 0 Å². The zero-order chi connectivity index (χ0) is 14.1. The van der Waals surface area contributed by atoms with Gasteiger partial charge in [0.1, 0.15) is 16.6 Å². The number of amides is 1. The van der Waals surface area contributed by atoms with Crippen LogP contribution < -0.4 is 0 Å². The Labute approximate surface area is 126 Å². The molecule has 2 aromatic rings. The minimum Gasteiger partial charge on any atom is -0.467 e. The van der Waals surface area contributed by atoms with Gasteiger partial charge in [0.25, 0.3) is 5.91 Å². The van der Waals surface area contributed by atoms with Crippen LogP contribution in [0.2, 0.25) is 10.2 Å². The van der Waals surface area contributed by atoms with Crippen LogP contribution >= 0.6 is 23.2 Å². The summed E-state index contributed by atoms with van der Waals surface area (Å²) < 4.78 is 5.31. The number of carbonyl (C=O) groups excluding carboxylic acids is 1. The van der Waals surface area contributed by atoms with Crippen LogP contribution in [-0.4, -0.2) is 21.8 Å². The lowest BCUT2D eigenvalue weighted by molar-refractivity contribution is 0.0712. The van der Waals surface area contributed by atoms with Crippen LogP contribution in [0.4, 0.5) is 0 Å². The summed E-state index contributed by atoms with van der Waals surface area (Å²) in [7, 11) is 0. The highest BCUT2D eigenvalue weighted by molar-refractivity contribution is 6.34. The van der Waals surface area contributed by atoms with Crippen molar-refractivity contribution in [2.24, 2.45) is 0 Å². The molecule has 0 N–H and O–H groups in total. The van der Waals surface area contributed by atoms with Gasteiger partial charge in [0.15, 0.2) is 0 Å². The molecule has 0 spiro atoms. The second-order valence-electron chi connectivity index (χ2n) is 4.71. The van der Waals surface area contributed by atoms with E-state index in [0.717, 1.165) is 18.6 Å². The number of furan rings is 1. The third kappa shape index (κ3) is 2.81. The number of nitrogens with zero attached hydrogens (tertiary/aromatic N) is 2. The summed E-state index contributed by atoms with van der Waals surface area (Å²) in [5.41, 5.74) is 0.192. The maximum absolute atomic E-state index is 12.6. The summed E-state index contributed by atoms with van der Waals surface area (Å²) in [6.45, 7) is 0.418. The predicted molar refractivity (Wildman–Crippen MR) is 75.9 cm³/mol. The molecule has 1 amide bonds. The Kier molecular flexibility index (Phi) is 3.68. The van der Waals surface area contributed by atoms with Crippen LogP contribution in [0, 0.1) is 0 Å². The fourth-order valence-corrected chi connectivity index (χ4v) is 2.36. The molecule has 0 atom stereocenters. The lowest BCUT2D eigenvalue weighted by atomic mass is 10.3. The highest BCUT2D eigenvalue weighted by Gasteiger charge is 2.35. The summed E-state index contributed by atoms with van der Waals surface area (Å²) in [4.78, 5) is 18.4. The molecule has 2 heterocycles. The maximum Gasteiger partial charge on any atom is 0.274 e. The highest BCUT2D eigenvalue weighted by Crippen LogP contribution is 2.31. The molecule has 0 bridgehead atoms. The van der Waals surface area contributed by atoms with Gasteiger partial charge < -0.3 is 9.32 Å². The normalized spacial score (nSPS) is 14.3. The van der Waals surface area contributed by atoms with E-state index in [2.05, 4.69) is 4.98 Å². The van der Waals surface area contributed by atoms with Crippen molar-refractivity contribution in [3.05, 3.63) is 52.2 Å². The zero-order valence-electron chi connectivity index (χ0n) is 10.6. The van der Waals surface area contributed by atoms with Crippen molar-refractivity contribution in [2.75, 3.05) is 0 Å². The molecule has 0 unspecified atom stereocenters. The number of hydrogen-bond donors (Lipinski definition) is 0. The summed E-state index contributed by atoms with van der Waals surface area (Å²) in [6.07, 6.45) is 3.57. The summed E-state index contributed by atoms with van der Waals surface area (Å²) in [6, 6.07) is 7.02. The van der Waals surface area contributed by atoms with Gasteiger partial charge in [0, 0.05) is 6.04 Å². The first-order valence-electron chi connectivity index (χ1n) is 6.30. The predicted octanol–water partition coefficient (Wildman–Crippen LogP) is 3.79. The first-order chi connectivity index (χ1) is 9.65. The largest absolute Gasteiger partial charge is 0.467 e. The van der Waals surface area contributed by atoms with Gasteiger partial charge in [-0.3, -0.25) is 4.79 Å². The highest BCUT2D eigenvalue weighted by atomic mass is 35.5. The lowest BCUT2D eigenvalue weighted by Gasteiger charge is -2.21. The Morgan fingerprint density at radius 3 is 2.80 bits per heavy atom. The maximum atomic E-state index is 12.6. The second kappa shape index (κ2) is 5.46. The minimum absolute atomic E-state index is 0.192. The molecule has 1 aliphatic carbocycles. The van der Waals surface area contributed by atoms with Crippen molar-refractivity contribution in [3.63, 3.8) is 0 Å². The van der Waals surface area contributed by atoms with Crippen LogP contribution in [0.25, 0.3) is 0 Å². The third-order valence-electron chi connectivity index (χ3n) is 3.17. The van der Waals surface area contributed by atoms with Crippen molar-refractivity contribution in [2.45, 2.75) is 25.4 Å². The summed E-state index contributed by atoms with van der Waals surface area (Å²) in [5, 5.41) is 0.566. The topological polar surface area (TPSA) is 46.3 Å². The Hall–Kier alpha value is -1.52. The molecule has 3 rings (SSSR count). The minimum atomic E-state index is -0.212. The number of aromatic nitrogens is 1. The molecule has 0 radical (unpaired) electrons. The lowest BCUT2D eigenvalue weighted by Crippen LogP contribution is -2.33. The van der Waals surface area contributed by atoms with Crippen LogP contribution in [0.15, 0.2) is 34.9 Å². The fraction of sp³-hybridized carbons (Fsp3) is 0.286. The van der Waals surface area contributed by atoms with Gasteiger partial charge in [-0.2, -0.15) is 0 Å². The SMILES string of the molecule is O=C(c1nc(Cl)ccc1Cl)N(Cc1ccco1)C1CC1. The second-order valence-corrected chi connectivity index (χ2v) is 5.50. The van der Waals surface area contributed by atoms with Crippen LogP contribution in [0.3, 0.4) is 0 Å². The van der Waals surface area contributed by atoms with E-state index in [4.69, 9.17) is 27.6 Å². The van der Waals surface area contributed by atoms with Crippen molar-refractivity contribution in [3.8, 4) is 0 Å². The quantitative estimate of drug-likeness (QED) is 0.807. The molecular formula is C14H12Cl2N2O2. The van der Waals surface area contributed by atoms with E-state index in [9.17, 15) is 4.79 Å². The van der Waals surface area contributed by atoms with E-state index in [1.807, 2.05) is 6.07 Å². The molecular weight excluding hydrogens is 299 g/mol. The monoisotopic (exact) mass is 310 g/mol. The van der Waals surface area contributed by atoms with E-state index >= 15 is 0 Å². The van der Waals surface area contributed by atoms with Gasteiger partial charge in [0.2, 0.25) is 0 Å². The Morgan fingerprint density at radius 1 is 1.35 bits per heavy atom. The van der Waals surface area contributed by atoms with Gasteiger partial charge in [-0.15, -0.1) is 0 Å². The Balaban J connectivity index is 1.87. The van der Waals surface area contributed by atoms with E-state index in [-0.39, 0.29) is 22.8 Å². The van der Waals surface area contributed by atoms with E-state index in [0.29, 0.717) is 11.6 Å². The summed E-state index contributed by atoms with van der Waals surface area (Å²) >= 11 is 11.9. The first-order valence-corrected chi connectivity index (χ1v) is 7.06. The standard InChI is InChI=1S/C14H12Cl2N2O2/c15-11-5-6-12(16)17-13(11)14(19)18(9-3-4-9)8-10-2-1-7-20-10/h1-2,5-7,9H,3-4,8H2. The number of pyridine rings is 1. The molecule has 6 heteroatoms. The number of carbonyl (C=O) groups is 1. The van der Waals surface area contributed by atoms with Crippen LogP contribution in [0.1, 0.15) is 29.1 Å². The number of halogens is 2. The smallest absolute Gasteiger partial charge is 0.274 e. The van der Waals surface area contributed by atoms with Crippen LogP contribution in [0.5, 0.6) is 0 Å². The third-order valence-corrected chi connectivity index (χ3v) is 3.68. The van der Waals surface area contributed by atoms with E-state index in [1.54, 1.807) is 29.4 Å². The van der Waals surface area contributed by atoms with Crippen LogP contribution in [-0.2, 0) is 6.54 Å². The number of rotatable bonds is 4. The molecule has 1 fully saturated rings. The van der Waals surface area contributed by atoms with Crippen molar-refractivity contribution < 1.29 is 9.21 Å². The average molecular weight is 311 g/mol. The van der Waals surface area contributed by atoms with E-state index < -0.39 is 0 Å². The van der Waals surface area contributed by atoms with Gasteiger partial charge in [0.05, 0.1) is 17.8 Å². The summed E-state index contributed by atoms with van der Waals surface area (Å²) in [5.74, 6) is 0.528. The zero-order valence-corrected chi connectivity index (χ0v) is 12.1. The molecule has 104 valence electrons. The Bertz CT molecular complexity index is 624. The molecule has 0 aliphatic heterocycles. The molecule has 2 aromatic heterocycles. The van der Waals surface area contributed by atoms with Crippen molar-refractivity contribution in [1.82, 2.24) is 9.88 Å². The van der Waals surface area contributed by atoms with Crippen molar-refractivity contribution >= 4 is 29.1 Å². The molecule has 1 aliphatic rings. The average Bonchev–Trinajstić information content (AvgIpc) is 3.15. The van der Waals surface area contributed by atoms with E-state index in [1.165, 1.54) is 0 Å². The van der Waals surface area contributed by atoms with Gasteiger partial charge in [-0.25, -0.2) is 4.98 Å². The first kappa shape index (κ1) is 13.5. The molecule has 0 saturated heterocycles. The Morgan fingerprint density at radius 2 is 2.15 bits per heavy atom.